The molecule has 1 saturated carbocycles. The van der Waals surface area contributed by atoms with Gasteiger partial charge in [0.2, 0.25) is 5.88 Å². The fourth-order valence-corrected chi connectivity index (χ4v) is 3.26. The number of aliphatic hydroxyl groups is 1. The summed E-state index contributed by atoms with van der Waals surface area (Å²) in [6.45, 7) is 1.81. The number of hydrogen-bond acceptors (Lipinski definition) is 6. The molecule has 1 aromatic rings. The number of rotatable bonds is 4. The Kier molecular flexibility index (Phi) is 4.78. The first-order valence-corrected chi connectivity index (χ1v) is 8.35. The molecule has 0 aromatic carbocycles. The maximum absolute atomic E-state index is 10.2. The maximum Gasteiger partial charge on any atom is 0.234 e. The van der Waals surface area contributed by atoms with Crippen molar-refractivity contribution in [3.63, 3.8) is 0 Å². The molecule has 2 fully saturated rings. The van der Waals surface area contributed by atoms with Crippen LogP contribution in [0.5, 0.6) is 5.88 Å². The molecule has 2 heterocycles. The van der Waals surface area contributed by atoms with E-state index >= 15 is 0 Å². The van der Waals surface area contributed by atoms with Crippen LogP contribution in [0, 0.1) is 0 Å². The maximum atomic E-state index is 10.2. The largest absolute Gasteiger partial charge is 0.473 e. The molecule has 1 aliphatic carbocycles. The SMILES string of the molecule is NCC1(O)CCN(c2cncc(OC3CCCCC3)n2)CC1. The van der Waals surface area contributed by atoms with Gasteiger partial charge in [-0.05, 0) is 38.5 Å². The van der Waals surface area contributed by atoms with Gasteiger partial charge in [0.25, 0.3) is 0 Å². The van der Waals surface area contributed by atoms with Gasteiger partial charge in [-0.15, -0.1) is 0 Å². The number of nitrogens with zero attached hydrogens (tertiary/aromatic N) is 3. The lowest BCUT2D eigenvalue weighted by molar-refractivity contribution is 0.0248. The van der Waals surface area contributed by atoms with E-state index < -0.39 is 5.60 Å². The second kappa shape index (κ2) is 6.79. The fraction of sp³-hybridized carbons (Fsp3) is 0.750. The van der Waals surface area contributed by atoms with Gasteiger partial charge in [0.15, 0.2) is 5.82 Å². The quantitative estimate of drug-likeness (QED) is 0.876. The third-order valence-electron chi connectivity index (χ3n) is 4.84. The van der Waals surface area contributed by atoms with Gasteiger partial charge in [-0.2, -0.15) is 4.98 Å². The van der Waals surface area contributed by atoms with Crippen LogP contribution in [0.1, 0.15) is 44.9 Å². The van der Waals surface area contributed by atoms with Gasteiger partial charge in [-0.25, -0.2) is 0 Å². The van der Waals surface area contributed by atoms with Crippen LogP contribution in [-0.2, 0) is 0 Å². The molecule has 0 unspecified atom stereocenters. The molecule has 6 nitrogen and oxygen atoms in total. The molecule has 0 amide bonds. The zero-order valence-electron chi connectivity index (χ0n) is 13.1. The van der Waals surface area contributed by atoms with Crippen molar-refractivity contribution in [3.05, 3.63) is 12.4 Å². The Hall–Kier alpha value is -1.40. The summed E-state index contributed by atoms with van der Waals surface area (Å²) < 4.78 is 5.98. The molecule has 0 spiro atoms. The molecule has 3 rings (SSSR count). The van der Waals surface area contributed by atoms with Crippen LogP contribution in [0.15, 0.2) is 12.4 Å². The number of nitrogens with two attached hydrogens (primary N) is 1. The minimum atomic E-state index is -0.722. The molecule has 0 bridgehead atoms. The van der Waals surface area contributed by atoms with Crippen molar-refractivity contribution in [3.8, 4) is 5.88 Å². The molecule has 1 aliphatic heterocycles. The van der Waals surface area contributed by atoms with Crippen molar-refractivity contribution in [2.75, 3.05) is 24.5 Å². The van der Waals surface area contributed by atoms with Gasteiger partial charge in [-0.1, -0.05) is 6.42 Å². The van der Waals surface area contributed by atoms with E-state index in [-0.39, 0.29) is 6.10 Å². The van der Waals surface area contributed by atoms with Gasteiger partial charge < -0.3 is 20.5 Å². The lowest BCUT2D eigenvalue weighted by atomic mass is 9.92. The second-order valence-electron chi connectivity index (χ2n) is 6.51. The average molecular weight is 306 g/mol. The summed E-state index contributed by atoms with van der Waals surface area (Å²) in [4.78, 5) is 11.0. The molecule has 1 aromatic heterocycles. The third kappa shape index (κ3) is 3.67. The molecule has 0 atom stereocenters. The predicted molar refractivity (Wildman–Crippen MR) is 85.0 cm³/mol. The summed E-state index contributed by atoms with van der Waals surface area (Å²) in [6.07, 6.45) is 11.1. The van der Waals surface area contributed by atoms with Crippen LogP contribution in [-0.4, -0.2) is 46.4 Å². The van der Waals surface area contributed by atoms with Crippen LogP contribution in [0.25, 0.3) is 0 Å². The van der Waals surface area contributed by atoms with Gasteiger partial charge in [0, 0.05) is 19.6 Å². The molecule has 0 radical (unpaired) electrons. The molecular formula is C16H26N4O2. The van der Waals surface area contributed by atoms with Crippen molar-refractivity contribution in [1.29, 1.82) is 0 Å². The van der Waals surface area contributed by atoms with E-state index in [9.17, 15) is 5.11 Å². The lowest BCUT2D eigenvalue weighted by Gasteiger charge is -2.37. The van der Waals surface area contributed by atoms with E-state index in [2.05, 4.69) is 14.9 Å². The lowest BCUT2D eigenvalue weighted by Crippen LogP contribution is -2.49. The zero-order valence-corrected chi connectivity index (χ0v) is 13.1. The van der Waals surface area contributed by atoms with Gasteiger partial charge in [0.1, 0.15) is 6.10 Å². The Balaban J connectivity index is 1.61. The summed E-state index contributed by atoms with van der Waals surface area (Å²) in [5.41, 5.74) is 4.91. The highest BCUT2D eigenvalue weighted by Crippen LogP contribution is 2.26. The standard InChI is InChI=1S/C16H26N4O2/c17-12-16(21)6-8-20(9-7-16)14-10-18-11-15(19-14)22-13-4-2-1-3-5-13/h10-11,13,21H,1-9,12,17H2. The molecule has 3 N–H and O–H groups in total. The summed E-state index contributed by atoms with van der Waals surface area (Å²) in [6, 6.07) is 0. The second-order valence-corrected chi connectivity index (χ2v) is 6.51. The zero-order chi connectivity index (χ0) is 15.4. The van der Waals surface area contributed by atoms with Crippen molar-refractivity contribution >= 4 is 5.82 Å². The molecule has 22 heavy (non-hydrogen) atoms. The van der Waals surface area contributed by atoms with Crippen LogP contribution in [0.4, 0.5) is 5.82 Å². The first-order valence-electron chi connectivity index (χ1n) is 8.35. The first kappa shape index (κ1) is 15.5. The minimum Gasteiger partial charge on any atom is -0.473 e. The Morgan fingerprint density at radius 3 is 2.64 bits per heavy atom. The number of hydrogen-bond donors (Lipinski definition) is 2. The highest BCUT2D eigenvalue weighted by molar-refractivity contribution is 5.38. The number of piperidine rings is 1. The van der Waals surface area contributed by atoms with Crippen LogP contribution in [0.2, 0.25) is 0 Å². The first-order chi connectivity index (χ1) is 10.7. The monoisotopic (exact) mass is 306 g/mol. The van der Waals surface area contributed by atoms with Crippen molar-refractivity contribution in [2.24, 2.45) is 5.73 Å². The molecule has 6 heteroatoms. The summed E-state index contributed by atoms with van der Waals surface area (Å²) in [7, 11) is 0. The Morgan fingerprint density at radius 2 is 1.95 bits per heavy atom. The van der Waals surface area contributed by atoms with Gasteiger partial charge in [-0.3, -0.25) is 4.98 Å². The van der Waals surface area contributed by atoms with E-state index in [1.54, 1.807) is 12.4 Å². The van der Waals surface area contributed by atoms with E-state index in [4.69, 9.17) is 10.5 Å². The molecule has 122 valence electrons. The molecule has 1 saturated heterocycles. The summed E-state index contributed by atoms with van der Waals surface area (Å²) in [5, 5.41) is 10.2. The normalized spacial score (nSPS) is 22.5. The Morgan fingerprint density at radius 1 is 1.23 bits per heavy atom. The van der Waals surface area contributed by atoms with E-state index in [1.165, 1.54) is 19.3 Å². The predicted octanol–water partition coefficient (Wildman–Crippen LogP) is 1.48. The van der Waals surface area contributed by atoms with Crippen molar-refractivity contribution in [2.45, 2.75) is 56.7 Å². The minimum absolute atomic E-state index is 0.280. The highest BCUT2D eigenvalue weighted by atomic mass is 16.5. The summed E-state index contributed by atoms with van der Waals surface area (Å²) >= 11 is 0. The van der Waals surface area contributed by atoms with Crippen LogP contribution in [0.3, 0.4) is 0 Å². The Labute approximate surface area is 131 Å². The Bertz CT molecular complexity index is 483. The number of anilines is 1. The average Bonchev–Trinajstić information content (AvgIpc) is 2.57. The number of ether oxygens (including phenoxy) is 1. The van der Waals surface area contributed by atoms with E-state index in [1.807, 2.05) is 0 Å². The smallest absolute Gasteiger partial charge is 0.234 e. The van der Waals surface area contributed by atoms with Gasteiger partial charge in [0.05, 0.1) is 18.0 Å². The fourth-order valence-electron chi connectivity index (χ4n) is 3.26. The van der Waals surface area contributed by atoms with E-state index in [0.29, 0.717) is 25.3 Å². The van der Waals surface area contributed by atoms with E-state index in [0.717, 1.165) is 31.7 Å². The number of aromatic nitrogens is 2. The molecule has 2 aliphatic rings. The third-order valence-corrected chi connectivity index (χ3v) is 4.84. The van der Waals surface area contributed by atoms with Crippen molar-refractivity contribution in [1.82, 2.24) is 9.97 Å². The van der Waals surface area contributed by atoms with Crippen LogP contribution >= 0.6 is 0 Å². The van der Waals surface area contributed by atoms with Crippen molar-refractivity contribution < 1.29 is 9.84 Å². The topological polar surface area (TPSA) is 84.5 Å². The highest BCUT2D eigenvalue weighted by Gasteiger charge is 2.31. The van der Waals surface area contributed by atoms with Gasteiger partial charge >= 0.3 is 0 Å². The summed E-state index contributed by atoms with van der Waals surface area (Å²) in [5.74, 6) is 1.44. The molecular weight excluding hydrogens is 280 g/mol. The van der Waals surface area contributed by atoms with Crippen LogP contribution < -0.4 is 15.4 Å².